The first-order valence-corrected chi connectivity index (χ1v) is 5.99. The van der Waals surface area contributed by atoms with Gasteiger partial charge in [0.2, 0.25) is 6.04 Å². The minimum absolute atomic E-state index is 0.118. The Bertz CT molecular complexity index is 481. The molecule has 1 aliphatic rings. The van der Waals surface area contributed by atoms with Crippen molar-refractivity contribution in [3.05, 3.63) is 52.6 Å². The van der Waals surface area contributed by atoms with Gasteiger partial charge >= 0.3 is 0 Å². The smallest absolute Gasteiger partial charge is 0.241 e. The number of ketones is 1. The van der Waals surface area contributed by atoms with Gasteiger partial charge in [-0.05, 0) is 12.0 Å². The van der Waals surface area contributed by atoms with Crippen LogP contribution in [-0.2, 0) is 4.79 Å². The lowest BCUT2D eigenvalue weighted by atomic mass is 9.89. The van der Waals surface area contributed by atoms with Crippen molar-refractivity contribution in [2.24, 2.45) is 5.92 Å². The standard InChI is InChI=1S/C14H15NO3/c1-10(11-5-3-2-4-6-11)14(15(17)18)12-7-8-13(16)9-12/h2-6,12,14H,1,7-9H2. The number of carbonyl (C=O) groups is 1. The van der Waals surface area contributed by atoms with Gasteiger partial charge in [-0.1, -0.05) is 36.9 Å². The summed E-state index contributed by atoms with van der Waals surface area (Å²) in [5.74, 6) is -0.0899. The fourth-order valence-electron chi connectivity index (χ4n) is 2.52. The lowest BCUT2D eigenvalue weighted by Gasteiger charge is -2.17. The van der Waals surface area contributed by atoms with E-state index in [1.165, 1.54) is 0 Å². The van der Waals surface area contributed by atoms with Crippen LogP contribution < -0.4 is 0 Å². The average molecular weight is 245 g/mol. The average Bonchev–Trinajstić information content (AvgIpc) is 2.76. The van der Waals surface area contributed by atoms with Crippen LogP contribution in [0.25, 0.3) is 5.57 Å². The summed E-state index contributed by atoms with van der Waals surface area (Å²) in [4.78, 5) is 22.2. The van der Waals surface area contributed by atoms with E-state index in [0.717, 1.165) is 5.56 Å². The third-order valence-electron chi connectivity index (χ3n) is 3.46. The number of Topliss-reactive ketones (excluding diaryl/α,β-unsaturated/α-hetero) is 1. The number of carbonyl (C=O) groups excluding carboxylic acids is 1. The second kappa shape index (κ2) is 5.12. The maximum atomic E-state index is 11.3. The molecule has 1 fully saturated rings. The molecular weight excluding hydrogens is 230 g/mol. The van der Waals surface area contributed by atoms with E-state index in [-0.39, 0.29) is 16.6 Å². The molecule has 1 saturated carbocycles. The van der Waals surface area contributed by atoms with Gasteiger partial charge in [-0.3, -0.25) is 14.9 Å². The number of hydrogen-bond acceptors (Lipinski definition) is 3. The highest BCUT2D eigenvalue weighted by Gasteiger charge is 2.39. The van der Waals surface area contributed by atoms with Crippen molar-refractivity contribution in [1.82, 2.24) is 0 Å². The quantitative estimate of drug-likeness (QED) is 0.605. The van der Waals surface area contributed by atoms with Gasteiger partial charge in [0.15, 0.2) is 0 Å². The van der Waals surface area contributed by atoms with E-state index in [4.69, 9.17) is 0 Å². The molecule has 0 saturated heterocycles. The molecule has 0 bridgehead atoms. The first kappa shape index (κ1) is 12.5. The van der Waals surface area contributed by atoms with Crippen LogP contribution in [-0.4, -0.2) is 16.7 Å². The van der Waals surface area contributed by atoms with E-state index in [2.05, 4.69) is 6.58 Å². The van der Waals surface area contributed by atoms with Gasteiger partial charge in [0.1, 0.15) is 5.78 Å². The van der Waals surface area contributed by atoms with Gasteiger partial charge < -0.3 is 0 Å². The Labute approximate surface area is 105 Å². The van der Waals surface area contributed by atoms with Crippen LogP contribution in [0.4, 0.5) is 0 Å². The molecule has 0 spiro atoms. The zero-order chi connectivity index (χ0) is 13.1. The summed E-state index contributed by atoms with van der Waals surface area (Å²) in [7, 11) is 0. The van der Waals surface area contributed by atoms with E-state index in [9.17, 15) is 14.9 Å². The Morgan fingerprint density at radius 1 is 1.39 bits per heavy atom. The molecule has 94 valence electrons. The summed E-state index contributed by atoms with van der Waals surface area (Å²) in [5, 5.41) is 11.2. The number of rotatable bonds is 4. The minimum atomic E-state index is -0.848. The maximum absolute atomic E-state index is 11.3. The van der Waals surface area contributed by atoms with Crippen LogP contribution in [0.15, 0.2) is 36.9 Å². The van der Waals surface area contributed by atoms with Crippen LogP contribution in [0.2, 0.25) is 0 Å². The second-order valence-electron chi connectivity index (χ2n) is 4.66. The van der Waals surface area contributed by atoms with Crippen molar-refractivity contribution >= 4 is 11.4 Å². The Balaban J connectivity index is 2.23. The number of nitro groups is 1. The Morgan fingerprint density at radius 2 is 2.06 bits per heavy atom. The van der Waals surface area contributed by atoms with Crippen molar-refractivity contribution in [2.75, 3.05) is 0 Å². The zero-order valence-corrected chi connectivity index (χ0v) is 10.0. The highest BCUT2D eigenvalue weighted by molar-refractivity contribution is 5.81. The van der Waals surface area contributed by atoms with Gasteiger partial charge in [-0.2, -0.15) is 0 Å². The van der Waals surface area contributed by atoms with Crippen LogP contribution in [0.3, 0.4) is 0 Å². The third-order valence-corrected chi connectivity index (χ3v) is 3.46. The largest absolute Gasteiger partial charge is 0.300 e. The Hall–Kier alpha value is -1.97. The molecule has 18 heavy (non-hydrogen) atoms. The highest BCUT2D eigenvalue weighted by atomic mass is 16.6. The molecular formula is C14H15NO3. The molecule has 2 unspecified atom stereocenters. The second-order valence-corrected chi connectivity index (χ2v) is 4.66. The summed E-state index contributed by atoms with van der Waals surface area (Å²) in [6.45, 7) is 3.86. The topological polar surface area (TPSA) is 60.2 Å². The lowest BCUT2D eigenvalue weighted by molar-refractivity contribution is -0.514. The molecule has 1 aromatic rings. The van der Waals surface area contributed by atoms with Crippen LogP contribution in [0.1, 0.15) is 24.8 Å². The molecule has 0 heterocycles. The molecule has 4 nitrogen and oxygen atoms in total. The fourth-order valence-corrected chi connectivity index (χ4v) is 2.52. The van der Waals surface area contributed by atoms with E-state index in [1.54, 1.807) is 0 Å². The van der Waals surface area contributed by atoms with Gasteiger partial charge in [-0.15, -0.1) is 0 Å². The normalized spacial score (nSPS) is 20.7. The summed E-state index contributed by atoms with van der Waals surface area (Å²) in [6, 6.07) is 8.30. The highest BCUT2D eigenvalue weighted by Crippen LogP contribution is 2.33. The third kappa shape index (κ3) is 2.47. The molecule has 0 aromatic heterocycles. The van der Waals surface area contributed by atoms with Crippen LogP contribution >= 0.6 is 0 Å². The molecule has 4 heteroatoms. The number of hydrogen-bond donors (Lipinski definition) is 0. The molecule has 0 aliphatic heterocycles. The van der Waals surface area contributed by atoms with Crippen molar-refractivity contribution < 1.29 is 9.72 Å². The van der Waals surface area contributed by atoms with Gasteiger partial charge in [0.05, 0.1) is 0 Å². The summed E-state index contributed by atoms with van der Waals surface area (Å²) in [5.41, 5.74) is 1.28. The van der Waals surface area contributed by atoms with Gasteiger partial charge in [-0.25, -0.2) is 0 Å². The first-order chi connectivity index (χ1) is 8.59. The predicted octanol–water partition coefficient (Wildman–Crippen LogP) is 2.71. The molecule has 0 radical (unpaired) electrons. The lowest BCUT2D eigenvalue weighted by Crippen LogP contribution is -2.29. The minimum Gasteiger partial charge on any atom is -0.300 e. The maximum Gasteiger partial charge on any atom is 0.241 e. The van der Waals surface area contributed by atoms with E-state index < -0.39 is 6.04 Å². The van der Waals surface area contributed by atoms with Crippen molar-refractivity contribution in [3.8, 4) is 0 Å². The Kier molecular flexibility index (Phi) is 3.55. The van der Waals surface area contributed by atoms with Gasteiger partial charge in [0.25, 0.3) is 0 Å². The number of benzene rings is 1. The van der Waals surface area contributed by atoms with Crippen LogP contribution in [0, 0.1) is 16.0 Å². The van der Waals surface area contributed by atoms with E-state index in [1.807, 2.05) is 30.3 Å². The van der Waals surface area contributed by atoms with Crippen molar-refractivity contribution in [2.45, 2.75) is 25.3 Å². The first-order valence-electron chi connectivity index (χ1n) is 5.99. The molecule has 1 aliphatic carbocycles. The molecule has 0 amide bonds. The molecule has 0 N–H and O–H groups in total. The van der Waals surface area contributed by atoms with Crippen molar-refractivity contribution in [3.63, 3.8) is 0 Å². The molecule has 2 rings (SSSR count). The van der Waals surface area contributed by atoms with Crippen molar-refractivity contribution in [1.29, 1.82) is 0 Å². The SMILES string of the molecule is C=C(c1ccccc1)C(C1CCC(=O)C1)[N+](=O)[O-]. The summed E-state index contributed by atoms with van der Waals surface area (Å²) < 4.78 is 0. The monoisotopic (exact) mass is 245 g/mol. The predicted molar refractivity (Wildman–Crippen MR) is 68.6 cm³/mol. The molecule has 1 aromatic carbocycles. The number of nitrogens with zero attached hydrogens (tertiary/aromatic N) is 1. The summed E-state index contributed by atoms with van der Waals surface area (Å²) >= 11 is 0. The molecule has 2 atom stereocenters. The van der Waals surface area contributed by atoms with E-state index in [0.29, 0.717) is 24.8 Å². The summed E-state index contributed by atoms with van der Waals surface area (Å²) in [6.07, 6.45) is 1.35. The van der Waals surface area contributed by atoms with E-state index >= 15 is 0 Å². The zero-order valence-electron chi connectivity index (χ0n) is 10.0. The van der Waals surface area contributed by atoms with Crippen LogP contribution in [0.5, 0.6) is 0 Å². The van der Waals surface area contributed by atoms with Gasteiger partial charge in [0, 0.05) is 29.3 Å². The fraction of sp³-hybridized carbons (Fsp3) is 0.357. The Morgan fingerprint density at radius 3 is 2.56 bits per heavy atom.